The molecule has 224 valence electrons. The van der Waals surface area contributed by atoms with E-state index in [1.807, 2.05) is 0 Å². The van der Waals surface area contributed by atoms with Gasteiger partial charge < -0.3 is 40.3 Å². The van der Waals surface area contributed by atoms with Crippen molar-refractivity contribution in [3.63, 3.8) is 0 Å². The Morgan fingerprint density at radius 1 is 1.21 bits per heavy atom. The second-order valence-electron chi connectivity index (χ2n) is 9.36. The van der Waals surface area contributed by atoms with E-state index in [1.54, 1.807) is 6.92 Å². The lowest BCUT2D eigenvalue weighted by molar-refractivity contribution is -0.166. The lowest BCUT2D eigenvalue weighted by atomic mass is 9.72. The number of halogens is 3. The van der Waals surface area contributed by atoms with E-state index in [9.17, 15) is 53.4 Å². The number of carboxylic acids is 1. The van der Waals surface area contributed by atoms with Gasteiger partial charge in [0.2, 0.25) is 5.91 Å². The van der Waals surface area contributed by atoms with E-state index in [1.165, 1.54) is 4.90 Å². The Morgan fingerprint density at radius 2 is 1.90 bits per heavy atom. The summed E-state index contributed by atoms with van der Waals surface area (Å²) in [5, 5.41) is 54.8. The molecule has 0 saturated carbocycles. The molecule has 7 N–H and O–H groups in total. The molecule has 3 amide bonds. The van der Waals surface area contributed by atoms with Gasteiger partial charge in [-0.2, -0.15) is 0 Å². The highest BCUT2D eigenvalue weighted by atomic mass is 35.5. The lowest BCUT2D eigenvalue weighted by Crippen LogP contribution is -2.62. The summed E-state index contributed by atoms with van der Waals surface area (Å²) in [7, 11) is -1.96. The fourth-order valence-electron chi connectivity index (χ4n) is 4.63. The first-order valence-electron chi connectivity index (χ1n) is 12.4. The zero-order chi connectivity index (χ0) is 31.0. The van der Waals surface area contributed by atoms with Crippen molar-refractivity contribution < 1.29 is 58.1 Å². The van der Waals surface area contributed by atoms with Gasteiger partial charge in [-0.15, -0.1) is 0 Å². The molecule has 0 aliphatic carbocycles. The number of piperazine rings is 1. The molecule has 2 aliphatic heterocycles. The van der Waals surface area contributed by atoms with Crippen molar-refractivity contribution in [1.82, 2.24) is 20.4 Å². The highest BCUT2D eigenvalue weighted by Crippen LogP contribution is 2.39. The second kappa shape index (κ2) is 12.0. The van der Waals surface area contributed by atoms with Gasteiger partial charge in [-0.3, -0.25) is 24.6 Å². The molecule has 18 heteroatoms. The Hall–Kier alpha value is -4.19. The van der Waals surface area contributed by atoms with Crippen molar-refractivity contribution in [3.8, 4) is 17.2 Å². The minimum absolute atomic E-state index is 0.0813. The number of carbonyl (C=O) groups is 4. The fourth-order valence-corrected chi connectivity index (χ4v) is 4.90. The van der Waals surface area contributed by atoms with Gasteiger partial charge in [-0.05, 0) is 31.0 Å². The molecule has 0 radical (unpaired) electrons. The standard InChI is InChI=1S/C24H24BClF2N4O10/c1-2-31-5-6-32(22(37)21(31)36)24(40)30-17(10-3-4-12(33)18(34)15(10)26)20(35)29-13-8-9-7-11(27)16(28)14(23(38)39)19(9)42-25(13)41/h3-4,7,13,17,24,30,33-34,40-41H,2,5-6,8H2,1H3,(H,29,35)(H,38,39)/t13-,17?,24?/m0/s1. The van der Waals surface area contributed by atoms with Crippen LogP contribution < -0.4 is 15.3 Å². The quantitative estimate of drug-likeness (QED) is 0.0872. The Labute approximate surface area is 241 Å². The lowest BCUT2D eigenvalue weighted by Gasteiger charge is -2.37. The second-order valence-corrected chi connectivity index (χ2v) is 9.74. The third-order valence-electron chi connectivity index (χ3n) is 6.85. The van der Waals surface area contributed by atoms with Gasteiger partial charge in [0.1, 0.15) is 17.4 Å². The smallest absolute Gasteiger partial charge is 0.534 e. The third-order valence-corrected chi connectivity index (χ3v) is 7.24. The normalized spacial score (nSPS) is 18.3. The Kier molecular flexibility index (Phi) is 8.77. The molecule has 2 aliphatic rings. The largest absolute Gasteiger partial charge is 0.547 e. The zero-order valence-corrected chi connectivity index (χ0v) is 22.4. The number of hydrogen-bond donors (Lipinski definition) is 7. The maximum Gasteiger partial charge on any atom is 0.547 e. The van der Waals surface area contributed by atoms with Crippen molar-refractivity contribution in [1.29, 1.82) is 0 Å². The summed E-state index contributed by atoms with van der Waals surface area (Å²) in [6, 6.07) is 1.03. The number of fused-ring (bicyclic) bond motifs is 1. The van der Waals surface area contributed by atoms with E-state index < -0.39 is 95.0 Å². The van der Waals surface area contributed by atoms with Crippen LogP contribution in [0.2, 0.25) is 5.02 Å². The first-order valence-corrected chi connectivity index (χ1v) is 12.8. The molecule has 2 aromatic rings. The number of aliphatic hydroxyl groups excluding tert-OH is 1. The van der Waals surface area contributed by atoms with Gasteiger partial charge in [0.15, 0.2) is 29.5 Å². The van der Waals surface area contributed by atoms with E-state index in [0.717, 1.165) is 17.0 Å². The fraction of sp³-hybridized carbons (Fsp3) is 0.333. The van der Waals surface area contributed by atoms with Crippen LogP contribution in [0.3, 0.4) is 0 Å². The molecule has 1 saturated heterocycles. The van der Waals surface area contributed by atoms with E-state index in [-0.39, 0.29) is 30.8 Å². The van der Waals surface area contributed by atoms with Crippen LogP contribution in [0.4, 0.5) is 8.78 Å². The van der Waals surface area contributed by atoms with Crippen molar-refractivity contribution in [2.45, 2.75) is 31.7 Å². The summed E-state index contributed by atoms with van der Waals surface area (Å²) in [5.74, 6) is -11.6. The molecular formula is C24H24BClF2N4O10. The van der Waals surface area contributed by atoms with Crippen LogP contribution in [-0.2, 0) is 20.8 Å². The predicted molar refractivity (Wildman–Crippen MR) is 138 cm³/mol. The van der Waals surface area contributed by atoms with E-state index in [0.29, 0.717) is 6.07 Å². The number of amides is 3. The summed E-state index contributed by atoms with van der Waals surface area (Å²) >= 11 is 6.15. The number of aromatic carboxylic acids is 1. The number of phenols is 2. The van der Waals surface area contributed by atoms with Crippen molar-refractivity contribution in [3.05, 3.63) is 51.5 Å². The number of aromatic hydroxyl groups is 2. The number of benzene rings is 2. The van der Waals surface area contributed by atoms with Crippen LogP contribution in [0.5, 0.6) is 17.2 Å². The summed E-state index contributed by atoms with van der Waals surface area (Å²) < 4.78 is 33.3. The molecule has 14 nitrogen and oxygen atoms in total. The van der Waals surface area contributed by atoms with Crippen LogP contribution in [0.1, 0.15) is 34.5 Å². The summed E-state index contributed by atoms with van der Waals surface area (Å²) in [6.07, 6.45) is -2.39. The number of nitrogens with zero attached hydrogens (tertiary/aromatic N) is 2. The van der Waals surface area contributed by atoms with Gasteiger partial charge in [0.05, 0.1) is 11.0 Å². The highest BCUT2D eigenvalue weighted by Gasteiger charge is 2.42. The predicted octanol–water partition coefficient (Wildman–Crippen LogP) is -0.535. The SMILES string of the molecule is CCN1CCN(C(O)NC(C(=O)N[C@H]2Cc3cc(F)c(F)c(C(=O)O)c3OB2O)c2ccc(O)c(O)c2Cl)C(=O)C1=O. The molecule has 0 bridgehead atoms. The molecular weight excluding hydrogens is 589 g/mol. The molecule has 0 aromatic heterocycles. The third kappa shape index (κ3) is 5.63. The highest BCUT2D eigenvalue weighted by molar-refractivity contribution is 6.47. The average molecular weight is 613 g/mol. The van der Waals surface area contributed by atoms with Gasteiger partial charge in [0, 0.05) is 25.2 Å². The molecule has 42 heavy (non-hydrogen) atoms. The number of phenolic OH excluding ortho intramolecular Hbond substituents is 2. The van der Waals surface area contributed by atoms with E-state index in [4.69, 9.17) is 16.3 Å². The number of likely N-dealkylation sites (N-methyl/N-ethyl adjacent to an activating group) is 1. The summed E-state index contributed by atoms with van der Waals surface area (Å²) in [4.78, 5) is 51.9. The number of nitrogens with one attached hydrogen (secondary N) is 2. The Bertz CT molecular complexity index is 1470. The number of rotatable bonds is 8. The van der Waals surface area contributed by atoms with Crippen molar-refractivity contribution in [2.24, 2.45) is 0 Å². The van der Waals surface area contributed by atoms with Crippen molar-refractivity contribution >= 4 is 42.4 Å². The molecule has 2 heterocycles. The van der Waals surface area contributed by atoms with Gasteiger partial charge in [-0.25, -0.2) is 13.6 Å². The summed E-state index contributed by atoms with van der Waals surface area (Å²) in [6.45, 7) is 1.87. The summed E-state index contributed by atoms with van der Waals surface area (Å²) in [5.41, 5.74) is -1.56. The molecule has 3 atom stereocenters. The number of hydrogen-bond acceptors (Lipinski definition) is 10. The van der Waals surface area contributed by atoms with Gasteiger partial charge in [-0.1, -0.05) is 17.7 Å². The monoisotopic (exact) mass is 612 g/mol. The van der Waals surface area contributed by atoms with Crippen LogP contribution in [-0.4, -0.2) is 98.0 Å². The first-order chi connectivity index (χ1) is 19.8. The van der Waals surface area contributed by atoms with Gasteiger partial charge in [0.25, 0.3) is 0 Å². The van der Waals surface area contributed by atoms with Gasteiger partial charge >= 0.3 is 24.9 Å². The molecule has 1 fully saturated rings. The number of carboxylic acid groups (broad SMARTS) is 1. The maximum atomic E-state index is 14.1. The topological polar surface area (TPSA) is 209 Å². The van der Waals surface area contributed by atoms with E-state index in [2.05, 4.69) is 10.6 Å². The number of aliphatic hydroxyl groups is 1. The molecule has 0 spiro atoms. The van der Waals surface area contributed by atoms with Crippen molar-refractivity contribution in [2.75, 3.05) is 19.6 Å². The Morgan fingerprint density at radius 3 is 2.55 bits per heavy atom. The zero-order valence-electron chi connectivity index (χ0n) is 21.7. The minimum Gasteiger partial charge on any atom is -0.534 e. The Balaban J connectivity index is 1.63. The van der Waals surface area contributed by atoms with E-state index >= 15 is 0 Å². The maximum absolute atomic E-state index is 14.1. The molecule has 4 rings (SSSR count). The molecule has 2 unspecified atom stereocenters. The first kappa shape index (κ1) is 30.8. The minimum atomic E-state index is -1.96. The van der Waals surface area contributed by atoms with Crippen LogP contribution >= 0.6 is 11.6 Å². The number of carbonyl (C=O) groups excluding carboxylic acids is 3. The average Bonchev–Trinajstić information content (AvgIpc) is 2.93. The molecule has 2 aromatic carbocycles. The van der Waals surface area contributed by atoms with Crippen LogP contribution in [0, 0.1) is 11.6 Å². The van der Waals surface area contributed by atoms with Crippen LogP contribution in [0.15, 0.2) is 18.2 Å². The van der Waals surface area contributed by atoms with Crippen LogP contribution in [0.25, 0.3) is 0 Å².